The number of nitrogens with one attached hydrogen (secondary N) is 1. The Morgan fingerprint density at radius 1 is 1.35 bits per heavy atom. The van der Waals surface area contributed by atoms with Crippen LogP contribution in [0, 0.1) is 0 Å². The minimum atomic E-state index is 0.422. The second-order valence-corrected chi connectivity index (χ2v) is 7.26. The first kappa shape index (κ1) is 14.2. The lowest BCUT2D eigenvalue weighted by atomic mass is 9.75. The van der Waals surface area contributed by atoms with Crippen LogP contribution in [0.3, 0.4) is 0 Å². The van der Waals surface area contributed by atoms with Gasteiger partial charge in [-0.1, -0.05) is 35.0 Å². The highest BCUT2D eigenvalue weighted by Gasteiger charge is 2.31. The highest BCUT2D eigenvalue weighted by atomic mass is 79.9. The fourth-order valence-electron chi connectivity index (χ4n) is 2.82. The van der Waals surface area contributed by atoms with Gasteiger partial charge >= 0.3 is 0 Å². The molecule has 1 N–H and O–H groups in total. The van der Waals surface area contributed by atoms with Gasteiger partial charge in [-0.2, -0.15) is 0 Å². The average molecular weight is 351 g/mol. The lowest BCUT2D eigenvalue weighted by Crippen LogP contribution is -2.41. The van der Waals surface area contributed by atoms with Gasteiger partial charge in [0.2, 0.25) is 0 Å². The van der Waals surface area contributed by atoms with Crippen LogP contribution in [0.25, 0.3) is 0 Å². The molecule has 1 aliphatic carbocycles. The van der Waals surface area contributed by atoms with Gasteiger partial charge in [0.05, 0.1) is 6.04 Å². The van der Waals surface area contributed by atoms with Crippen LogP contribution in [-0.4, -0.2) is 11.0 Å². The van der Waals surface area contributed by atoms with Gasteiger partial charge in [-0.25, -0.2) is 4.98 Å². The van der Waals surface area contributed by atoms with Gasteiger partial charge in [-0.15, -0.1) is 11.3 Å². The van der Waals surface area contributed by atoms with E-state index in [1.807, 2.05) is 6.20 Å². The predicted octanol–water partition coefficient (Wildman–Crippen LogP) is 4.89. The molecule has 3 rings (SSSR count). The minimum Gasteiger partial charge on any atom is -0.305 e. The van der Waals surface area contributed by atoms with Gasteiger partial charge in [-0.05, 0) is 42.9 Å². The number of halogens is 1. The first-order chi connectivity index (χ1) is 9.76. The second kappa shape index (κ2) is 6.37. The van der Waals surface area contributed by atoms with Crippen molar-refractivity contribution >= 4 is 27.3 Å². The zero-order valence-electron chi connectivity index (χ0n) is 11.6. The van der Waals surface area contributed by atoms with Crippen molar-refractivity contribution in [3.05, 3.63) is 50.9 Å². The van der Waals surface area contributed by atoms with Gasteiger partial charge in [0.25, 0.3) is 0 Å². The maximum Gasteiger partial charge on any atom is 0.109 e. The summed E-state index contributed by atoms with van der Waals surface area (Å²) in [7, 11) is 0. The lowest BCUT2D eigenvalue weighted by molar-refractivity contribution is 0.262. The molecule has 4 heteroatoms. The number of nitrogens with zero attached hydrogens (tertiary/aromatic N) is 1. The predicted molar refractivity (Wildman–Crippen MR) is 88.2 cm³/mol. The van der Waals surface area contributed by atoms with Crippen LogP contribution < -0.4 is 5.32 Å². The summed E-state index contributed by atoms with van der Waals surface area (Å²) in [5.74, 6) is 0.717. The van der Waals surface area contributed by atoms with Gasteiger partial charge in [-0.3, -0.25) is 0 Å². The van der Waals surface area contributed by atoms with Crippen molar-refractivity contribution in [3.8, 4) is 0 Å². The van der Waals surface area contributed by atoms with Crippen LogP contribution in [0.5, 0.6) is 0 Å². The standard InChI is InChI=1S/C16H19BrN2S/c1-2-15(16-18-7-8-20-16)19-14-9-12(10-14)11-3-5-13(17)6-4-11/h3-8,12,14-15,19H,2,9-10H2,1H3. The molecule has 2 aromatic rings. The molecule has 0 amide bonds. The number of hydrogen-bond donors (Lipinski definition) is 1. The smallest absolute Gasteiger partial charge is 0.109 e. The highest BCUT2D eigenvalue weighted by molar-refractivity contribution is 9.10. The highest BCUT2D eigenvalue weighted by Crippen LogP contribution is 2.38. The largest absolute Gasteiger partial charge is 0.305 e. The first-order valence-electron chi connectivity index (χ1n) is 7.17. The third-order valence-electron chi connectivity index (χ3n) is 4.07. The van der Waals surface area contributed by atoms with Crippen molar-refractivity contribution < 1.29 is 0 Å². The molecule has 1 aromatic carbocycles. The molecule has 1 fully saturated rings. The van der Waals surface area contributed by atoms with E-state index in [1.54, 1.807) is 11.3 Å². The van der Waals surface area contributed by atoms with Crippen LogP contribution in [0.4, 0.5) is 0 Å². The van der Waals surface area contributed by atoms with Crippen LogP contribution in [0.2, 0.25) is 0 Å². The summed E-state index contributed by atoms with van der Waals surface area (Å²) in [6.45, 7) is 2.23. The molecule has 0 saturated heterocycles. The van der Waals surface area contributed by atoms with E-state index < -0.39 is 0 Å². The summed E-state index contributed by atoms with van der Waals surface area (Å²) in [5, 5.41) is 7.04. The zero-order chi connectivity index (χ0) is 13.9. The Bertz CT molecular complexity index is 532. The molecule has 0 bridgehead atoms. The number of aromatic nitrogens is 1. The average Bonchev–Trinajstić information content (AvgIpc) is 2.93. The van der Waals surface area contributed by atoms with Crippen LogP contribution >= 0.6 is 27.3 Å². The van der Waals surface area contributed by atoms with Crippen molar-refractivity contribution in [3.63, 3.8) is 0 Å². The second-order valence-electron chi connectivity index (χ2n) is 5.41. The molecule has 0 aliphatic heterocycles. The molecule has 20 heavy (non-hydrogen) atoms. The normalized spacial score (nSPS) is 23.3. The van der Waals surface area contributed by atoms with E-state index in [2.05, 4.69) is 62.8 Å². The van der Waals surface area contributed by atoms with E-state index in [0.717, 1.165) is 16.8 Å². The Hall–Kier alpha value is -0.710. The SMILES string of the molecule is CCC(NC1CC(c2ccc(Br)cc2)C1)c1nccs1. The van der Waals surface area contributed by atoms with Crippen molar-refractivity contribution in [1.29, 1.82) is 0 Å². The van der Waals surface area contributed by atoms with Crippen molar-refractivity contribution in [2.24, 2.45) is 0 Å². The summed E-state index contributed by atoms with van der Waals surface area (Å²) >= 11 is 5.24. The minimum absolute atomic E-state index is 0.422. The van der Waals surface area contributed by atoms with Crippen LogP contribution in [0.15, 0.2) is 40.3 Å². The fourth-order valence-corrected chi connectivity index (χ4v) is 3.86. The number of hydrogen-bond acceptors (Lipinski definition) is 3. The summed E-state index contributed by atoms with van der Waals surface area (Å²) in [5.41, 5.74) is 1.47. The Labute approximate surface area is 132 Å². The van der Waals surface area contributed by atoms with E-state index in [-0.39, 0.29) is 0 Å². The monoisotopic (exact) mass is 350 g/mol. The van der Waals surface area contributed by atoms with E-state index in [0.29, 0.717) is 12.1 Å². The van der Waals surface area contributed by atoms with Gasteiger partial charge in [0.1, 0.15) is 5.01 Å². The van der Waals surface area contributed by atoms with Crippen molar-refractivity contribution in [2.45, 2.75) is 44.2 Å². The molecule has 0 spiro atoms. The summed E-state index contributed by atoms with van der Waals surface area (Å²) in [6, 6.07) is 9.82. The Kier molecular flexibility index (Phi) is 4.54. The molecular weight excluding hydrogens is 332 g/mol. The fraction of sp³-hybridized carbons (Fsp3) is 0.438. The molecule has 0 radical (unpaired) electrons. The maximum atomic E-state index is 4.44. The van der Waals surface area contributed by atoms with Crippen LogP contribution in [0.1, 0.15) is 48.7 Å². The lowest BCUT2D eigenvalue weighted by Gasteiger charge is -2.38. The molecule has 1 unspecified atom stereocenters. The van der Waals surface area contributed by atoms with Gasteiger partial charge in [0, 0.05) is 22.1 Å². The third kappa shape index (κ3) is 3.13. The molecular formula is C16H19BrN2S. The Morgan fingerprint density at radius 3 is 2.70 bits per heavy atom. The molecule has 1 heterocycles. The molecule has 1 saturated carbocycles. The van der Waals surface area contributed by atoms with E-state index in [9.17, 15) is 0 Å². The number of benzene rings is 1. The zero-order valence-corrected chi connectivity index (χ0v) is 14.0. The van der Waals surface area contributed by atoms with Gasteiger partial charge < -0.3 is 5.32 Å². The topological polar surface area (TPSA) is 24.9 Å². The Morgan fingerprint density at radius 2 is 2.10 bits per heavy atom. The quantitative estimate of drug-likeness (QED) is 0.829. The summed E-state index contributed by atoms with van der Waals surface area (Å²) in [4.78, 5) is 4.44. The number of thiazole rings is 1. The van der Waals surface area contributed by atoms with E-state index in [1.165, 1.54) is 23.4 Å². The molecule has 1 atom stereocenters. The van der Waals surface area contributed by atoms with Crippen LogP contribution in [-0.2, 0) is 0 Å². The summed E-state index contributed by atoms with van der Waals surface area (Å²) < 4.78 is 1.16. The molecule has 2 nitrogen and oxygen atoms in total. The van der Waals surface area contributed by atoms with Crippen molar-refractivity contribution in [1.82, 2.24) is 10.3 Å². The molecule has 1 aliphatic rings. The van der Waals surface area contributed by atoms with E-state index in [4.69, 9.17) is 0 Å². The Balaban J connectivity index is 1.54. The molecule has 106 valence electrons. The first-order valence-corrected chi connectivity index (χ1v) is 8.84. The van der Waals surface area contributed by atoms with E-state index >= 15 is 0 Å². The third-order valence-corrected chi connectivity index (χ3v) is 5.49. The maximum absolute atomic E-state index is 4.44. The summed E-state index contributed by atoms with van der Waals surface area (Å²) in [6.07, 6.45) is 5.48. The van der Waals surface area contributed by atoms with Crippen molar-refractivity contribution in [2.75, 3.05) is 0 Å². The van der Waals surface area contributed by atoms with Gasteiger partial charge in [0.15, 0.2) is 0 Å². The molecule has 1 aromatic heterocycles. The number of rotatable bonds is 5.